The van der Waals surface area contributed by atoms with E-state index in [2.05, 4.69) is 10.3 Å². The third-order valence-electron chi connectivity index (χ3n) is 3.50. The van der Waals surface area contributed by atoms with Gasteiger partial charge in [0, 0.05) is 31.9 Å². The lowest BCUT2D eigenvalue weighted by molar-refractivity contribution is 0.0963. The molecule has 0 aliphatic rings. The molecule has 1 amide bonds. The topological polar surface area (TPSA) is 84.3 Å². The lowest BCUT2D eigenvalue weighted by Crippen LogP contribution is -2.27. The third kappa shape index (κ3) is 3.37. The number of hydrogen-bond donors (Lipinski definition) is 1. The lowest BCUT2D eigenvalue weighted by Gasteiger charge is -2.18. The molecule has 1 aromatic heterocycles. The molecule has 0 saturated heterocycles. The summed E-state index contributed by atoms with van der Waals surface area (Å²) in [5.41, 5.74) is 0.782. The highest BCUT2D eigenvalue weighted by Gasteiger charge is 2.24. The van der Waals surface area contributed by atoms with Gasteiger partial charge in [0.15, 0.2) is 5.03 Å². The van der Waals surface area contributed by atoms with E-state index >= 15 is 0 Å². The van der Waals surface area contributed by atoms with Crippen molar-refractivity contribution in [3.8, 4) is 0 Å². The van der Waals surface area contributed by atoms with E-state index in [0.717, 1.165) is 4.31 Å². The second-order valence-corrected chi connectivity index (χ2v) is 7.27. The van der Waals surface area contributed by atoms with Gasteiger partial charge in [-0.15, -0.1) is 0 Å². The number of amides is 1. The highest BCUT2D eigenvalue weighted by atomic mass is 32.2. The summed E-state index contributed by atoms with van der Waals surface area (Å²) < 4.78 is 28.2. The fraction of sp³-hybridized carbons (Fsp3) is 0.333. The van der Waals surface area contributed by atoms with Crippen LogP contribution in [-0.2, 0) is 10.0 Å². The summed E-state index contributed by atoms with van der Waals surface area (Å²) in [7, 11) is -0.825. The first-order valence-electron chi connectivity index (χ1n) is 7.12. The highest BCUT2D eigenvalue weighted by Crippen LogP contribution is 2.22. The van der Waals surface area contributed by atoms with E-state index in [0.29, 0.717) is 11.3 Å². The van der Waals surface area contributed by atoms with Crippen molar-refractivity contribution in [3.63, 3.8) is 0 Å². The summed E-state index contributed by atoms with van der Waals surface area (Å²) in [5, 5.41) is 2.48. The molecule has 0 spiro atoms. The van der Waals surface area contributed by atoms with Crippen molar-refractivity contribution in [2.24, 2.45) is 0 Å². The molecule has 0 aliphatic heterocycles. The van der Waals surface area contributed by atoms with Crippen molar-refractivity contribution >= 4 is 21.6 Å². The third-order valence-corrected chi connectivity index (χ3v) is 5.17. The second kappa shape index (κ2) is 6.41. The van der Waals surface area contributed by atoms with Crippen molar-refractivity contribution in [2.45, 2.75) is 24.9 Å². The van der Waals surface area contributed by atoms with Gasteiger partial charge in [0.1, 0.15) is 0 Å². The smallest absolute Gasteiger partial charge is 0.283 e. The molecule has 124 valence electrons. The van der Waals surface area contributed by atoms with Gasteiger partial charge >= 0.3 is 0 Å². The summed E-state index contributed by atoms with van der Waals surface area (Å²) in [6.45, 7) is 3.88. The molecule has 0 unspecified atom stereocenters. The summed E-state index contributed by atoms with van der Waals surface area (Å²) in [6.07, 6.45) is 2.99. The van der Waals surface area contributed by atoms with Gasteiger partial charge in [0.25, 0.3) is 15.9 Å². The lowest BCUT2D eigenvalue weighted by atomic mass is 10.2. The number of hydrogen-bond acceptors (Lipinski definition) is 4. The van der Waals surface area contributed by atoms with Gasteiger partial charge in [-0.3, -0.25) is 9.10 Å². The SMILES string of the molecule is CNC(=O)c1cccc(N(C)S(=O)(=O)c2cn(C(C)C)cn2)c1. The van der Waals surface area contributed by atoms with E-state index in [1.165, 1.54) is 32.7 Å². The molecule has 0 saturated carbocycles. The largest absolute Gasteiger partial charge is 0.355 e. The fourth-order valence-corrected chi connectivity index (χ4v) is 3.11. The maximum absolute atomic E-state index is 12.7. The van der Waals surface area contributed by atoms with Crippen LogP contribution in [0.2, 0.25) is 0 Å². The van der Waals surface area contributed by atoms with Crippen LogP contribution in [-0.4, -0.2) is 38.0 Å². The number of nitrogens with zero attached hydrogens (tertiary/aromatic N) is 3. The van der Waals surface area contributed by atoms with Crippen molar-refractivity contribution in [3.05, 3.63) is 42.4 Å². The summed E-state index contributed by atoms with van der Waals surface area (Å²) in [4.78, 5) is 15.7. The summed E-state index contributed by atoms with van der Waals surface area (Å²) in [6, 6.07) is 6.53. The minimum Gasteiger partial charge on any atom is -0.355 e. The molecule has 0 bridgehead atoms. The Bertz CT molecular complexity index is 812. The average molecular weight is 336 g/mol. The molecule has 1 aromatic carbocycles. The van der Waals surface area contributed by atoms with Crippen molar-refractivity contribution in [2.75, 3.05) is 18.4 Å². The van der Waals surface area contributed by atoms with Crippen LogP contribution < -0.4 is 9.62 Å². The molecule has 1 heterocycles. The number of anilines is 1. The number of aromatic nitrogens is 2. The van der Waals surface area contributed by atoms with Gasteiger partial charge in [0.2, 0.25) is 0 Å². The van der Waals surface area contributed by atoms with Crippen LogP contribution in [0.4, 0.5) is 5.69 Å². The number of sulfonamides is 1. The first-order chi connectivity index (χ1) is 10.8. The van der Waals surface area contributed by atoms with Crippen LogP contribution in [0.1, 0.15) is 30.2 Å². The minimum absolute atomic E-state index is 0.0287. The molecular formula is C15H20N4O3S. The monoisotopic (exact) mass is 336 g/mol. The van der Waals surface area contributed by atoms with Gasteiger partial charge in [-0.2, -0.15) is 8.42 Å². The highest BCUT2D eigenvalue weighted by molar-refractivity contribution is 7.92. The zero-order chi connectivity index (χ0) is 17.2. The first kappa shape index (κ1) is 17.0. The number of carbonyl (C=O) groups is 1. The van der Waals surface area contributed by atoms with E-state index in [4.69, 9.17) is 0 Å². The van der Waals surface area contributed by atoms with Crippen molar-refractivity contribution in [1.29, 1.82) is 0 Å². The van der Waals surface area contributed by atoms with Gasteiger partial charge in [-0.25, -0.2) is 4.98 Å². The Balaban J connectivity index is 2.38. The van der Waals surface area contributed by atoms with E-state index in [1.807, 2.05) is 13.8 Å². The van der Waals surface area contributed by atoms with E-state index in [9.17, 15) is 13.2 Å². The van der Waals surface area contributed by atoms with Crippen molar-refractivity contribution in [1.82, 2.24) is 14.9 Å². The Morgan fingerprint density at radius 3 is 2.61 bits per heavy atom. The van der Waals surface area contributed by atoms with E-state index in [1.54, 1.807) is 22.8 Å². The molecule has 2 aromatic rings. The number of imidazole rings is 1. The van der Waals surface area contributed by atoms with Crippen molar-refractivity contribution < 1.29 is 13.2 Å². The number of nitrogens with one attached hydrogen (secondary N) is 1. The normalized spacial score (nSPS) is 11.5. The van der Waals surface area contributed by atoms with Gasteiger partial charge in [-0.05, 0) is 32.0 Å². The van der Waals surface area contributed by atoms with Crippen LogP contribution in [0.3, 0.4) is 0 Å². The average Bonchev–Trinajstić information content (AvgIpc) is 3.04. The Morgan fingerprint density at radius 1 is 1.35 bits per heavy atom. The predicted octanol–water partition coefficient (Wildman–Crippen LogP) is 1.65. The molecule has 0 radical (unpaired) electrons. The van der Waals surface area contributed by atoms with Crippen LogP contribution in [0.15, 0.2) is 41.8 Å². The minimum atomic E-state index is -3.78. The first-order valence-corrected chi connectivity index (χ1v) is 8.56. The van der Waals surface area contributed by atoms with Crippen LogP contribution in [0.25, 0.3) is 0 Å². The molecule has 0 aliphatic carbocycles. The summed E-state index contributed by atoms with van der Waals surface area (Å²) in [5.74, 6) is -0.276. The zero-order valence-corrected chi connectivity index (χ0v) is 14.3. The molecule has 1 N–H and O–H groups in total. The molecule has 8 heteroatoms. The molecule has 7 nitrogen and oxygen atoms in total. The van der Waals surface area contributed by atoms with E-state index in [-0.39, 0.29) is 17.0 Å². The molecule has 2 rings (SSSR count). The van der Waals surface area contributed by atoms with Crippen LogP contribution in [0, 0.1) is 0 Å². The molecule has 23 heavy (non-hydrogen) atoms. The Labute approximate surface area is 136 Å². The molecule has 0 atom stereocenters. The summed E-state index contributed by atoms with van der Waals surface area (Å²) >= 11 is 0. The predicted molar refractivity (Wildman–Crippen MR) is 88.0 cm³/mol. The number of carbonyl (C=O) groups excluding carboxylic acids is 1. The molecule has 0 fully saturated rings. The number of benzene rings is 1. The zero-order valence-electron chi connectivity index (χ0n) is 13.5. The van der Waals surface area contributed by atoms with Gasteiger partial charge in [-0.1, -0.05) is 6.07 Å². The maximum atomic E-state index is 12.7. The Hall–Kier alpha value is -2.35. The quantitative estimate of drug-likeness (QED) is 0.900. The Morgan fingerprint density at radius 2 is 2.04 bits per heavy atom. The van der Waals surface area contributed by atoms with Crippen LogP contribution in [0.5, 0.6) is 0 Å². The van der Waals surface area contributed by atoms with Crippen LogP contribution >= 0.6 is 0 Å². The second-order valence-electron chi connectivity index (χ2n) is 5.35. The van der Waals surface area contributed by atoms with Gasteiger partial charge in [0.05, 0.1) is 12.0 Å². The maximum Gasteiger partial charge on any atom is 0.283 e. The number of rotatable bonds is 5. The van der Waals surface area contributed by atoms with E-state index < -0.39 is 10.0 Å². The fourth-order valence-electron chi connectivity index (χ4n) is 2.00. The molecular weight excluding hydrogens is 316 g/mol. The van der Waals surface area contributed by atoms with Gasteiger partial charge < -0.3 is 9.88 Å². The Kier molecular flexibility index (Phi) is 4.74. The standard InChI is InChI=1S/C15H20N4O3S/c1-11(2)19-9-14(17-10-19)23(21,22)18(4)13-7-5-6-12(8-13)15(20)16-3/h5-11H,1-4H3,(H,16,20).